The molecule has 0 saturated carbocycles. The van der Waals surface area contributed by atoms with E-state index in [1.807, 2.05) is 24.3 Å². The monoisotopic (exact) mass is 255 g/mol. The van der Waals surface area contributed by atoms with E-state index in [0.29, 0.717) is 0 Å². The van der Waals surface area contributed by atoms with Gasteiger partial charge in [-0.1, -0.05) is 18.2 Å². The molecule has 19 heavy (non-hydrogen) atoms. The van der Waals surface area contributed by atoms with Crippen LogP contribution in [0.5, 0.6) is 0 Å². The molecule has 1 saturated heterocycles. The number of nitrogens with one attached hydrogen (secondary N) is 1. The van der Waals surface area contributed by atoms with Gasteiger partial charge in [0.05, 0.1) is 5.69 Å². The van der Waals surface area contributed by atoms with Crippen LogP contribution in [-0.2, 0) is 0 Å². The molecule has 2 aromatic rings. The highest BCUT2D eigenvalue weighted by Crippen LogP contribution is 2.23. The van der Waals surface area contributed by atoms with E-state index in [1.165, 1.54) is 0 Å². The van der Waals surface area contributed by atoms with E-state index in [1.54, 1.807) is 12.4 Å². The number of hydrogen-bond donors (Lipinski definition) is 1. The number of hydrazine groups is 1. The van der Waals surface area contributed by atoms with E-state index >= 15 is 0 Å². The Hall–Kier alpha value is -1.98. The predicted molar refractivity (Wildman–Crippen MR) is 75.1 cm³/mol. The molecule has 0 radical (unpaired) electrons. The molecule has 1 aliphatic rings. The lowest BCUT2D eigenvalue weighted by atomic mass is 10.3. The van der Waals surface area contributed by atoms with Crippen molar-refractivity contribution in [3.8, 4) is 0 Å². The van der Waals surface area contributed by atoms with Crippen molar-refractivity contribution < 1.29 is 0 Å². The van der Waals surface area contributed by atoms with Crippen LogP contribution in [-0.4, -0.2) is 41.2 Å². The number of nitrogens with zero attached hydrogens (tertiary/aromatic N) is 4. The molecule has 1 N–H and O–H groups in total. The second-order valence-corrected chi connectivity index (χ2v) is 4.40. The van der Waals surface area contributed by atoms with E-state index in [0.717, 1.165) is 37.8 Å². The maximum absolute atomic E-state index is 4.38. The quantitative estimate of drug-likeness (QED) is 0.899. The number of piperazine rings is 1. The first-order valence-corrected chi connectivity index (χ1v) is 6.53. The van der Waals surface area contributed by atoms with Gasteiger partial charge < -0.3 is 5.32 Å². The molecule has 1 aliphatic heterocycles. The first-order chi connectivity index (χ1) is 9.45. The van der Waals surface area contributed by atoms with Crippen molar-refractivity contribution in [2.75, 3.05) is 31.2 Å². The smallest absolute Gasteiger partial charge is 0.244 e. The molecule has 3 rings (SSSR count). The molecule has 0 amide bonds. The van der Waals surface area contributed by atoms with Gasteiger partial charge in [-0.3, -0.25) is 0 Å². The third kappa shape index (κ3) is 2.72. The molecule has 1 aromatic carbocycles. The van der Waals surface area contributed by atoms with E-state index in [9.17, 15) is 0 Å². The Bertz CT molecular complexity index is 456. The minimum Gasteiger partial charge on any atom is -0.314 e. The summed E-state index contributed by atoms with van der Waals surface area (Å²) in [6, 6.07) is 12.1. The second kappa shape index (κ2) is 5.77. The number of aromatic nitrogens is 2. The van der Waals surface area contributed by atoms with Crippen LogP contribution in [0.2, 0.25) is 0 Å². The van der Waals surface area contributed by atoms with Crippen LogP contribution < -0.4 is 10.3 Å². The van der Waals surface area contributed by atoms with Crippen molar-refractivity contribution in [3.05, 3.63) is 48.8 Å². The number of anilines is 2. The van der Waals surface area contributed by atoms with Gasteiger partial charge in [0.2, 0.25) is 5.95 Å². The zero-order chi connectivity index (χ0) is 12.9. The van der Waals surface area contributed by atoms with Gasteiger partial charge in [-0.15, -0.1) is 0 Å². The summed E-state index contributed by atoms with van der Waals surface area (Å²) in [7, 11) is 0. The van der Waals surface area contributed by atoms with Crippen LogP contribution in [0, 0.1) is 0 Å². The molecule has 0 spiro atoms. The zero-order valence-electron chi connectivity index (χ0n) is 10.7. The normalized spacial score (nSPS) is 16.2. The van der Waals surface area contributed by atoms with Crippen LogP contribution in [0.1, 0.15) is 0 Å². The summed E-state index contributed by atoms with van der Waals surface area (Å²) in [5.41, 5.74) is 1.09. The first-order valence-electron chi connectivity index (χ1n) is 6.53. The Balaban J connectivity index is 1.96. The van der Waals surface area contributed by atoms with Crippen molar-refractivity contribution in [3.63, 3.8) is 0 Å². The Kier molecular flexibility index (Phi) is 3.67. The lowest BCUT2D eigenvalue weighted by molar-refractivity contribution is 0.240. The van der Waals surface area contributed by atoms with Gasteiger partial charge in [-0.25, -0.2) is 20.0 Å². The largest absolute Gasteiger partial charge is 0.314 e. The van der Waals surface area contributed by atoms with Crippen LogP contribution in [0.15, 0.2) is 48.8 Å². The van der Waals surface area contributed by atoms with Crippen LogP contribution >= 0.6 is 0 Å². The molecule has 1 aromatic heterocycles. The zero-order valence-corrected chi connectivity index (χ0v) is 10.7. The summed E-state index contributed by atoms with van der Waals surface area (Å²) in [6.07, 6.45) is 3.56. The van der Waals surface area contributed by atoms with Crippen molar-refractivity contribution in [1.29, 1.82) is 0 Å². The molecular weight excluding hydrogens is 238 g/mol. The van der Waals surface area contributed by atoms with Crippen LogP contribution in [0.25, 0.3) is 0 Å². The fourth-order valence-corrected chi connectivity index (χ4v) is 2.23. The van der Waals surface area contributed by atoms with Gasteiger partial charge in [-0.05, 0) is 18.2 Å². The topological polar surface area (TPSA) is 44.3 Å². The van der Waals surface area contributed by atoms with Gasteiger partial charge in [-0.2, -0.15) is 0 Å². The Morgan fingerprint density at radius 1 is 0.947 bits per heavy atom. The molecule has 2 heterocycles. The Morgan fingerprint density at radius 3 is 2.32 bits per heavy atom. The highest BCUT2D eigenvalue weighted by molar-refractivity contribution is 5.55. The summed E-state index contributed by atoms with van der Waals surface area (Å²) in [5.74, 6) is 0.718. The average Bonchev–Trinajstić information content (AvgIpc) is 2.51. The number of benzene rings is 1. The molecule has 5 heteroatoms. The SMILES string of the molecule is c1ccc(N(c2ncccn2)N2CCNCC2)cc1. The molecule has 0 bridgehead atoms. The maximum atomic E-state index is 4.38. The molecule has 0 atom stereocenters. The highest BCUT2D eigenvalue weighted by Gasteiger charge is 2.21. The van der Waals surface area contributed by atoms with Gasteiger partial charge >= 0.3 is 0 Å². The molecule has 5 nitrogen and oxygen atoms in total. The summed E-state index contributed by atoms with van der Waals surface area (Å²) in [5, 5.41) is 7.74. The van der Waals surface area contributed by atoms with E-state index in [4.69, 9.17) is 0 Å². The number of hydrogen-bond acceptors (Lipinski definition) is 5. The van der Waals surface area contributed by atoms with E-state index in [-0.39, 0.29) is 0 Å². The molecule has 1 fully saturated rings. The van der Waals surface area contributed by atoms with Crippen molar-refractivity contribution >= 4 is 11.6 Å². The van der Waals surface area contributed by atoms with Gasteiger partial charge in [0, 0.05) is 38.6 Å². The second-order valence-electron chi connectivity index (χ2n) is 4.40. The number of rotatable bonds is 3. The third-order valence-electron chi connectivity index (χ3n) is 3.12. The van der Waals surface area contributed by atoms with Crippen LogP contribution in [0.3, 0.4) is 0 Å². The summed E-state index contributed by atoms with van der Waals surface area (Å²) in [6.45, 7) is 3.87. The standard InChI is InChI=1S/C14H17N5/c1-2-5-13(6-3-1)19(14-16-7-4-8-17-14)18-11-9-15-10-12-18/h1-8,15H,9-12H2. The summed E-state index contributed by atoms with van der Waals surface area (Å²) < 4.78 is 0. The molecular formula is C14H17N5. The van der Waals surface area contributed by atoms with Crippen LogP contribution in [0.4, 0.5) is 11.6 Å². The van der Waals surface area contributed by atoms with Crippen molar-refractivity contribution in [1.82, 2.24) is 20.3 Å². The molecule has 98 valence electrons. The molecule has 0 unspecified atom stereocenters. The fourth-order valence-electron chi connectivity index (χ4n) is 2.23. The maximum Gasteiger partial charge on any atom is 0.244 e. The summed E-state index contributed by atoms with van der Waals surface area (Å²) in [4.78, 5) is 8.77. The van der Waals surface area contributed by atoms with Gasteiger partial charge in [0.25, 0.3) is 0 Å². The van der Waals surface area contributed by atoms with Crippen molar-refractivity contribution in [2.24, 2.45) is 0 Å². The minimum absolute atomic E-state index is 0.718. The van der Waals surface area contributed by atoms with E-state index in [2.05, 4.69) is 37.4 Å². The predicted octanol–water partition coefficient (Wildman–Crippen LogP) is 1.43. The lowest BCUT2D eigenvalue weighted by Gasteiger charge is -2.37. The number of para-hydroxylation sites is 1. The third-order valence-corrected chi connectivity index (χ3v) is 3.12. The first kappa shape index (κ1) is 12.1. The lowest BCUT2D eigenvalue weighted by Crippen LogP contribution is -2.51. The van der Waals surface area contributed by atoms with Gasteiger partial charge in [0.15, 0.2) is 0 Å². The molecule has 0 aliphatic carbocycles. The fraction of sp³-hybridized carbons (Fsp3) is 0.286. The van der Waals surface area contributed by atoms with Crippen molar-refractivity contribution in [2.45, 2.75) is 0 Å². The minimum atomic E-state index is 0.718. The average molecular weight is 255 g/mol. The highest BCUT2D eigenvalue weighted by atomic mass is 15.7. The van der Waals surface area contributed by atoms with E-state index < -0.39 is 0 Å². The summed E-state index contributed by atoms with van der Waals surface area (Å²) >= 11 is 0. The Morgan fingerprint density at radius 2 is 1.63 bits per heavy atom. The Labute approximate surface area is 112 Å². The van der Waals surface area contributed by atoms with Gasteiger partial charge in [0.1, 0.15) is 0 Å².